The first-order chi connectivity index (χ1) is 9.15. The van der Waals surface area contributed by atoms with Crippen molar-refractivity contribution in [3.05, 3.63) is 35.6 Å². The van der Waals surface area contributed by atoms with Crippen molar-refractivity contribution in [1.29, 1.82) is 0 Å². The molecule has 0 amide bonds. The van der Waals surface area contributed by atoms with Gasteiger partial charge in [0.05, 0.1) is 6.10 Å². The fourth-order valence-electron chi connectivity index (χ4n) is 2.51. The minimum Gasteiger partial charge on any atom is -0.390 e. The maximum Gasteiger partial charge on any atom is 0.123 e. The van der Waals surface area contributed by atoms with E-state index in [0.717, 1.165) is 25.2 Å². The molecule has 4 heteroatoms. The third kappa shape index (κ3) is 4.56. The van der Waals surface area contributed by atoms with Crippen LogP contribution in [0.4, 0.5) is 4.39 Å². The minimum atomic E-state index is -0.346. The Kier molecular flexibility index (Phi) is 5.31. The van der Waals surface area contributed by atoms with Gasteiger partial charge in [-0.2, -0.15) is 0 Å². The molecule has 0 aromatic heterocycles. The van der Waals surface area contributed by atoms with E-state index in [1.54, 1.807) is 12.1 Å². The second-order valence-corrected chi connectivity index (χ2v) is 5.34. The van der Waals surface area contributed by atoms with E-state index in [9.17, 15) is 9.50 Å². The second-order valence-electron chi connectivity index (χ2n) is 5.34. The van der Waals surface area contributed by atoms with E-state index in [-0.39, 0.29) is 18.0 Å². The molecule has 2 N–H and O–H groups in total. The first-order valence-electron chi connectivity index (χ1n) is 7.04. The van der Waals surface area contributed by atoms with Gasteiger partial charge in [-0.3, -0.25) is 0 Å². The fourth-order valence-corrected chi connectivity index (χ4v) is 2.51. The standard InChI is InChI=1S/C15H23FN2O/c1-12(13-4-6-14(16)7-5-13)17-10-15(19)11-18-8-2-3-9-18/h4-7,12,15,17,19H,2-3,8-11H2,1H3/t12-,15?/m1/s1. The number of hydrogen-bond donors (Lipinski definition) is 2. The summed E-state index contributed by atoms with van der Waals surface area (Å²) >= 11 is 0. The highest BCUT2D eigenvalue weighted by molar-refractivity contribution is 5.19. The van der Waals surface area contributed by atoms with Crippen LogP contribution in [0.25, 0.3) is 0 Å². The smallest absolute Gasteiger partial charge is 0.123 e. The molecular weight excluding hydrogens is 243 g/mol. The van der Waals surface area contributed by atoms with Gasteiger partial charge < -0.3 is 15.3 Å². The largest absolute Gasteiger partial charge is 0.390 e. The van der Waals surface area contributed by atoms with Gasteiger partial charge in [0, 0.05) is 19.1 Å². The molecule has 1 saturated heterocycles. The number of likely N-dealkylation sites (tertiary alicyclic amines) is 1. The van der Waals surface area contributed by atoms with Crippen molar-refractivity contribution in [3.8, 4) is 0 Å². The molecule has 0 radical (unpaired) electrons. The molecule has 3 nitrogen and oxygen atoms in total. The Balaban J connectivity index is 1.73. The summed E-state index contributed by atoms with van der Waals surface area (Å²) in [6.45, 7) is 5.53. The van der Waals surface area contributed by atoms with Crippen molar-refractivity contribution < 1.29 is 9.50 Å². The molecule has 1 fully saturated rings. The first kappa shape index (κ1) is 14.4. The molecule has 2 rings (SSSR count). The average Bonchev–Trinajstić information content (AvgIpc) is 2.89. The summed E-state index contributed by atoms with van der Waals surface area (Å²) in [5.74, 6) is -0.218. The number of halogens is 1. The SMILES string of the molecule is C[C@@H](NCC(O)CN1CCCC1)c1ccc(F)cc1. The second kappa shape index (κ2) is 6.98. The maximum atomic E-state index is 12.8. The van der Waals surface area contributed by atoms with Crippen molar-refractivity contribution in [2.45, 2.75) is 31.9 Å². The van der Waals surface area contributed by atoms with Crippen molar-refractivity contribution in [2.75, 3.05) is 26.2 Å². The van der Waals surface area contributed by atoms with Crippen LogP contribution < -0.4 is 5.32 Å². The Hall–Kier alpha value is -0.970. The summed E-state index contributed by atoms with van der Waals surface area (Å²) < 4.78 is 12.8. The Labute approximate surface area is 114 Å². The van der Waals surface area contributed by atoms with Crippen LogP contribution in [0.15, 0.2) is 24.3 Å². The molecule has 1 aromatic carbocycles. The molecule has 1 aliphatic rings. The summed E-state index contributed by atoms with van der Waals surface area (Å²) in [6.07, 6.45) is 2.14. The van der Waals surface area contributed by atoms with Crippen LogP contribution in [0.5, 0.6) is 0 Å². The summed E-state index contributed by atoms with van der Waals surface area (Å²) in [5, 5.41) is 13.3. The zero-order valence-corrected chi connectivity index (χ0v) is 11.5. The molecule has 0 bridgehead atoms. The fraction of sp³-hybridized carbons (Fsp3) is 0.600. The Morgan fingerprint density at radius 3 is 2.53 bits per heavy atom. The highest BCUT2D eigenvalue weighted by Crippen LogP contribution is 2.13. The van der Waals surface area contributed by atoms with E-state index in [0.29, 0.717) is 6.54 Å². The van der Waals surface area contributed by atoms with Crippen LogP contribution in [-0.2, 0) is 0 Å². The molecule has 1 unspecified atom stereocenters. The first-order valence-corrected chi connectivity index (χ1v) is 7.04. The number of aliphatic hydroxyl groups is 1. The lowest BCUT2D eigenvalue weighted by Crippen LogP contribution is -2.37. The van der Waals surface area contributed by atoms with Crippen LogP contribution in [0.3, 0.4) is 0 Å². The van der Waals surface area contributed by atoms with Gasteiger partial charge in [0.15, 0.2) is 0 Å². The average molecular weight is 266 g/mol. The van der Waals surface area contributed by atoms with Gasteiger partial charge in [0.2, 0.25) is 0 Å². The topological polar surface area (TPSA) is 35.5 Å². The van der Waals surface area contributed by atoms with Crippen LogP contribution in [0.2, 0.25) is 0 Å². The van der Waals surface area contributed by atoms with E-state index >= 15 is 0 Å². The van der Waals surface area contributed by atoms with Gasteiger partial charge in [-0.1, -0.05) is 12.1 Å². The zero-order chi connectivity index (χ0) is 13.7. The molecule has 0 saturated carbocycles. The third-order valence-electron chi connectivity index (χ3n) is 3.70. The lowest BCUT2D eigenvalue weighted by Gasteiger charge is -2.21. The Morgan fingerprint density at radius 1 is 1.26 bits per heavy atom. The van der Waals surface area contributed by atoms with E-state index in [1.807, 2.05) is 6.92 Å². The van der Waals surface area contributed by atoms with E-state index in [4.69, 9.17) is 0 Å². The van der Waals surface area contributed by atoms with Gasteiger partial charge in [-0.25, -0.2) is 4.39 Å². The highest BCUT2D eigenvalue weighted by atomic mass is 19.1. The van der Waals surface area contributed by atoms with Crippen LogP contribution in [0, 0.1) is 5.82 Å². The normalized spacial score (nSPS) is 19.5. The van der Waals surface area contributed by atoms with Gasteiger partial charge in [-0.15, -0.1) is 0 Å². The number of nitrogens with zero attached hydrogens (tertiary/aromatic N) is 1. The van der Waals surface area contributed by atoms with Gasteiger partial charge in [-0.05, 0) is 50.6 Å². The van der Waals surface area contributed by atoms with Crippen molar-refractivity contribution in [2.24, 2.45) is 0 Å². The van der Waals surface area contributed by atoms with E-state index < -0.39 is 0 Å². The summed E-state index contributed by atoms with van der Waals surface area (Å²) in [4.78, 5) is 2.30. The lowest BCUT2D eigenvalue weighted by atomic mass is 10.1. The van der Waals surface area contributed by atoms with Gasteiger partial charge in [0.1, 0.15) is 5.82 Å². The lowest BCUT2D eigenvalue weighted by molar-refractivity contribution is 0.121. The van der Waals surface area contributed by atoms with Crippen molar-refractivity contribution >= 4 is 0 Å². The maximum absolute atomic E-state index is 12.8. The minimum absolute atomic E-state index is 0.119. The molecular formula is C15H23FN2O. The van der Waals surface area contributed by atoms with Crippen LogP contribution in [-0.4, -0.2) is 42.3 Å². The molecule has 106 valence electrons. The number of nitrogens with one attached hydrogen (secondary N) is 1. The number of rotatable bonds is 6. The Bertz CT molecular complexity index is 376. The summed E-state index contributed by atoms with van der Waals surface area (Å²) in [6, 6.07) is 6.61. The number of benzene rings is 1. The van der Waals surface area contributed by atoms with Crippen molar-refractivity contribution in [1.82, 2.24) is 10.2 Å². The third-order valence-corrected chi connectivity index (χ3v) is 3.70. The summed E-state index contributed by atoms with van der Waals surface area (Å²) in [7, 11) is 0. The molecule has 0 aliphatic carbocycles. The van der Waals surface area contributed by atoms with Gasteiger partial charge in [0.25, 0.3) is 0 Å². The number of aliphatic hydroxyl groups excluding tert-OH is 1. The molecule has 1 aliphatic heterocycles. The summed E-state index contributed by atoms with van der Waals surface area (Å²) in [5.41, 5.74) is 1.04. The molecule has 2 atom stereocenters. The van der Waals surface area contributed by atoms with Crippen molar-refractivity contribution in [3.63, 3.8) is 0 Å². The van der Waals surface area contributed by atoms with Crippen LogP contribution in [0.1, 0.15) is 31.4 Å². The zero-order valence-electron chi connectivity index (χ0n) is 11.5. The predicted molar refractivity (Wildman–Crippen MR) is 74.5 cm³/mol. The van der Waals surface area contributed by atoms with Gasteiger partial charge >= 0.3 is 0 Å². The number of β-amino-alcohol motifs (C(OH)–C–C–N with tert-alkyl or cyclic N) is 1. The molecule has 1 aromatic rings. The predicted octanol–water partition coefficient (Wildman–Crippen LogP) is 1.93. The Morgan fingerprint density at radius 2 is 1.89 bits per heavy atom. The molecule has 1 heterocycles. The highest BCUT2D eigenvalue weighted by Gasteiger charge is 2.16. The molecule has 19 heavy (non-hydrogen) atoms. The van der Waals surface area contributed by atoms with E-state index in [1.165, 1.54) is 25.0 Å². The molecule has 0 spiro atoms. The van der Waals surface area contributed by atoms with Crippen LogP contribution >= 0.6 is 0 Å². The monoisotopic (exact) mass is 266 g/mol. The number of hydrogen-bond acceptors (Lipinski definition) is 3. The quantitative estimate of drug-likeness (QED) is 0.826. The van der Waals surface area contributed by atoms with E-state index in [2.05, 4.69) is 10.2 Å².